The molecule has 0 atom stereocenters. The zero-order chi connectivity index (χ0) is 14.0. The van der Waals surface area contributed by atoms with Crippen molar-refractivity contribution >= 4 is 0 Å². The number of hydrogen-bond acceptors (Lipinski definition) is 0. The van der Waals surface area contributed by atoms with Crippen LogP contribution in [0.25, 0.3) is 0 Å². The van der Waals surface area contributed by atoms with E-state index in [1.54, 1.807) is 0 Å². The summed E-state index contributed by atoms with van der Waals surface area (Å²) < 4.78 is 0. The van der Waals surface area contributed by atoms with E-state index in [0.29, 0.717) is 0 Å². The summed E-state index contributed by atoms with van der Waals surface area (Å²) in [4.78, 5) is 0. The summed E-state index contributed by atoms with van der Waals surface area (Å²) in [6.07, 6.45) is 0. The molecule has 0 aromatic heterocycles. The topological polar surface area (TPSA) is 0 Å². The first-order valence-electron chi connectivity index (χ1n) is 6.65. The van der Waals surface area contributed by atoms with Crippen LogP contribution in [0.3, 0.4) is 0 Å². The Hall–Kier alpha value is -0.794. The van der Waals surface area contributed by atoms with Crippen molar-refractivity contribution in [3.8, 4) is 0 Å². The minimum absolute atomic E-state index is 0. The van der Waals surface area contributed by atoms with Gasteiger partial charge in [0, 0.05) is 16.8 Å². The fourth-order valence-electron chi connectivity index (χ4n) is 2.27. The molecule has 2 aromatic rings. The molecule has 109 valence electrons. The van der Waals surface area contributed by atoms with Crippen molar-refractivity contribution in [1.82, 2.24) is 0 Å². The van der Waals surface area contributed by atoms with Crippen LogP contribution in [-0.2, 0) is 16.8 Å². The average Bonchev–Trinajstić information content (AvgIpc) is 2.66. The van der Waals surface area contributed by atoms with E-state index in [1.807, 2.05) is 0 Å². The fourth-order valence-corrected chi connectivity index (χ4v) is 2.27. The Balaban J connectivity index is 0.000000324. The molecule has 0 spiro atoms. The minimum atomic E-state index is 0. The van der Waals surface area contributed by atoms with Crippen LogP contribution in [-0.4, -0.2) is 0 Å². The second-order valence-electron chi connectivity index (χ2n) is 5.52. The van der Waals surface area contributed by atoms with Gasteiger partial charge in [-0.1, -0.05) is 55.4 Å². The molecule has 1 heteroatoms. The first kappa shape index (κ1) is 18.2. The maximum Gasteiger partial charge on any atom is 0 e. The first-order valence-corrected chi connectivity index (χ1v) is 6.65. The van der Waals surface area contributed by atoms with Crippen molar-refractivity contribution < 1.29 is 16.8 Å². The van der Waals surface area contributed by atoms with Gasteiger partial charge in [0.25, 0.3) is 0 Å². The predicted molar refractivity (Wildman–Crippen MR) is 82.0 cm³/mol. The molecule has 0 saturated heterocycles. The molecule has 2 aromatic carbocycles. The normalized spacial score (nSPS) is 9.68. The van der Waals surface area contributed by atoms with Gasteiger partial charge in [0.2, 0.25) is 0 Å². The standard InChI is InChI=1S/2C9H13.Co/c2*1-6-5-7(2)9(4)8(6)3;/h2*5H,1-4H3;/q2*-1;. The summed E-state index contributed by atoms with van der Waals surface area (Å²) >= 11 is 0. The molecule has 2 rings (SSSR count). The van der Waals surface area contributed by atoms with Crippen LogP contribution in [0, 0.1) is 55.4 Å². The predicted octanol–water partition coefficient (Wildman–Crippen LogP) is 5.28. The molecule has 0 aliphatic rings. The van der Waals surface area contributed by atoms with Crippen molar-refractivity contribution in [2.75, 3.05) is 0 Å². The Kier molecular flexibility index (Phi) is 6.82. The SMILES string of the molecule is Cc1cc(C)[c-](C)c1C.Cc1cc(C)[c-](C)c1C.[Co]. The van der Waals surface area contributed by atoms with E-state index in [2.05, 4.69) is 67.5 Å². The van der Waals surface area contributed by atoms with Gasteiger partial charge in [0.05, 0.1) is 0 Å². The smallest absolute Gasteiger partial charge is 0 e. The van der Waals surface area contributed by atoms with Gasteiger partial charge in [-0.05, 0) is 0 Å². The molecular formula is C18H26Co-2. The van der Waals surface area contributed by atoms with Crippen LogP contribution >= 0.6 is 0 Å². The van der Waals surface area contributed by atoms with Crippen molar-refractivity contribution in [3.63, 3.8) is 0 Å². The van der Waals surface area contributed by atoms with E-state index in [0.717, 1.165) is 0 Å². The summed E-state index contributed by atoms with van der Waals surface area (Å²) in [6.45, 7) is 17.4. The Morgan fingerprint density at radius 1 is 0.632 bits per heavy atom. The van der Waals surface area contributed by atoms with Gasteiger partial charge < -0.3 is 0 Å². The first-order chi connectivity index (χ1) is 8.25. The minimum Gasteiger partial charge on any atom is -0.207 e. The third kappa shape index (κ3) is 4.09. The molecule has 0 nitrogen and oxygen atoms in total. The van der Waals surface area contributed by atoms with E-state index in [4.69, 9.17) is 0 Å². The Morgan fingerprint density at radius 2 is 0.895 bits per heavy atom. The van der Waals surface area contributed by atoms with Crippen LogP contribution in [0.4, 0.5) is 0 Å². The maximum absolute atomic E-state index is 2.24. The maximum atomic E-state index is 2.24. The number of hydrogen-bond donors (Lipinski definition) is 0. The van der Waals surface area contributed by atoms with Gasteiger partial charge in [0.15, 0.2) is 0 Å². The second kappa shape index (κ2) is 7.11. The molecule has 19 heavy (non-hydrogen) atoms. The summed E-state index contributed by atoms with van der Waals surface area (Å²) in [6, 6.07) is 4.48. The van der Waals surface area contributed by atoms with Gasteiger partial charge in [-0.25, -0.2) is 12.1 Å². The summed E-state index contributed by atoms with van der Waals surface area (Å²) in [5, 5.41) is 0. The van der Waals surface area contributed by atoms with E-state index in [-0.39, 0.29) is 16.8 Å². The van der Waals surface area contributed by atoms with Gasteiger partial charge in [-0.15, -0.1) is 0 Å². The number of rotatable bonds is 0. The summed E-state index contributed by atoms with van der Waals surface area (Å²) in [5.74, 6) is 0. The average molecular weight is 301 g/mol. The van der Waals surface area contributed by atoms with Gasteiger partial charge in [-0.3, -0.25) is 0 Å². The van der Waals surface area contributed by atoms with Crippen molar-refractivity contribution in [2.24, 2.45) is 0 Å². The molecule has 0 aliphatic heterocycles. The molecule has 0 heterocycles. The van der Waals surface area contributed by atoms with Crippen molar-refractivity contribution in [1.29, 1.82) is 0 Å². The zero-order valence-electron chi connectivity index (χ0n) is 13.5. The van der Waals surface area contributed by atoms with E-state index >= 15 is 0 Å². The monoisotopic (exact) mass is 301 g/mol. The summed E-state index contributed by atoms with van der Waals surface area (Å²) in [7, 11) is 0. The van der Waals surface area contributed by atoms with Gasteiger partial charge >= 0.3 is 0 Å². The molecule has 0 saturated carbocycles. The van der Waals surface area contributed by atoms with Crippen LogP contribution in [0.5, 0.6) is 0 Å². The quantitative estimate of drug-likeness (QED) is 0.581. The molecule has 0 fully saturated rings. The van der Waals surface area contributed by atoms with E-state index in [1.165, 1.54) is 44.5 Å². The van der Waals surface area contributed by atoms with E-state index in [9.17, 15) is 0 Å². The Morgan fingerprint density at radius 3 is 0.947 bits per heavy atom. The van der Waals surface area contributed by atoms with Crippen molar-refractivity contribution in [2.45, 2.75) is 55.4 Å². The molecule has 0 amide bonds. The molecule has 0 bridgehead atoms. The van der Waals surface area contributed by atoms with Gasteiger partial charge in [-0.2, -0.15) is 44.5 Å². The van der Waals surface area contributed by atoms with Crippen LogP contribution in [0.1, 0.15) is 44.5 Å². The molecule has 0 N–H and O–H groups in total. The van der Waals surface area contributed by atoms with Crippen LogP contribution in [0.15, 0.2) is 12.1 Å². The Bertz CT molecular complexity index is 443. The van der Waals surface area contributed by atoms with Crippen LogP contribution in [0.2, 0.25) is 0 Å². The molecular weight excluding hydrogens is 275 g/mol. The van der Waals surface area contributed by atoms with Gasteiger partial charge in [0.1, 0.15) is 0 Å². The third-order valence-corrected chi connectivity index (χ3v) is 4.36. The van der Waals surface area contributed by atoms with Crippen LogP contribution < -0.4 is 0 Å². The van der Waals surface area contributed by atoms with Crippen molar-refractivity contribution in [3.05, 3.63) is 56.6 Å². The zero-order valence-corrected chi connectivity index (χ0v) is 14.5. The Labute approximate surface area is 129 Å². The fraction of sp³-hybridized carbons (Fsp3) is 0.444. The largest absolute Gasteiger partial charge is 0.207 e. The molecule has 0 aliphatic carbocycles. The third-order valence-electron chi connectivity index (χ3n) is 4.36. The second-order valence-corrected chi connectivity index (χ2v) is 5.52. The van der Waals surface area contributed by atoms with E-state index < -0.39 is 0 Å². The summed E-state index contributed by atoms with van der Waals surface area (Å²) in [5.41, 5.74) is 11.5. The number of aryl methyl sites for hydroxylation is 4. The molecule has 1 radical (unpaired) electrons. The molecule has 0 unspecified atom stereocenters.